The van der Waals surface area contributed by atoms with Gasteiger partial charge in [0.25, 0.3) is 0 Å². The molecule has 2 aliphatic heterocycles. The van der Waals surface area contributed by atoms with E-state index in [1.54, 1.807) is 0 Å². The van der Waals surface area contributed by atoms with Crippen molar-refractivity contribution >= 4 is 43.8 Å². The van der Waals surface area contributed by atoms with E-state index in [2.05, 4.69) is 0 Å². The number of hydrogen-bond acceptors (Lipinski definition) is 4. The minimum atomic E-state index is -2.89. The standard InChI is InChI=1S/C11H11NO2S3/c13-17(14)6-9-10(7-17)16-11(15)12(9)8-4-2-1-3-5-8/h1-5,9-10H,6-7H2/t9-,10-/m1/s1. The van der Waals surface area contributed by atoms with Crippen LogP contribution in [0.1, 0.15) is 0 Å². The van der Waals surface area contributed by atoms with Crippen LogP contribution in [0.3, 0.4) is 0 Å². The smallest absolute Gasteiger partial charge is 0.153 e. The lowest BCUT2D eigenvalue weighted by molar-refractivity contribution is 0.601. The number of anilines is 1. The van der Waals surface area contributed by atoms with Crippen molar-refractivity contribution in [3.8, 4) is 0 Å². The van der Waals surface area contributed by atoms with Crippen LogP contribution in [-0.2, 0) is 9.84 Å². The van der Waals surface area contributed by atoms with Gasteiger partial charge in [-0.15, -0.1) is 0 Å². The molecule has 0 aliphatic carbocycles. The second-order valence-corrected chi connectivity index (χ2v) is 8.30. The largest absolute Gasteiger partial charge is 0.322 e. The molecule has 0 saturated carbocycles. The number of thioether (sulfide) groups is 1. The van der Waals surface area contributed by atoms with Gasteiger partial charge in [0.15, 0.2) is 9.84 Å². The molecule has 17 heavy (non-hydrogen) atoms. The van der Waals surface area contributed by atoms with Crippen LogP contribution in [0.2, 0.25) is 0 Å². The number of hydrogen-bond donors (Lipinski definition) is 0. The maximum Gasteiger partial charge on any atom is 0.153 e. The summed E-state index contributed by atoms with van der Waals surface area (Å²) in [6.07, 6.45) is 0. The molecule has 0 bridgehead atoms. The molecule has 0 amide bonds. The molecule has 90 valence electrons. The van der Waals surface area contributed by atoms with Crippen LogP contribution in [0.15, 0.2) is 30.3 Å². The summed E-state index contributed by atoms with van der Waals surface area (Å²) in [7, 11) is -2.89. The van der Waals surface area contributed by atoms with Crippen molar-refractivity contribution in [1.82, 2.24) is 0 Å². The van der Waals surface area contributed by atoms with E-state index in [9.17, 15) is 8.42 Å². The van der Waals surface area contributed by atoms with Gasteiger partial charge in [0.1, 0.15) is 4.32 Å². The van der Waals surface area contributed by atoms with Crippen LogP contribution in [0, 0.1) is 0 Å². The zero-order valence-corrected chi connectivity index (χ0v) is 11.4. The summed E-state index contributed by atoms with van der Waals surface area (Å²) in [6.45, 7) is 0. The minimum absolute atomic E-state index is 0.0138. The molecule has 2 saturated heterocycles. The average molecular weight is 285 g/mol. The second-order valence-electron chi connectivity index (χ2n) is 4.27. The fourth-order valence-corrected chi connectivity index (χ4v) is 6.73. The second kappa shape index (κ2) is 3.96. The fraction of sp³-hybridized carbons (Fsp3) is 0.364. The maximum atomic E-state index is 11.6. The van der Waals surface area contributed by atoms with E-state index in [-0.39, 0.29) is 22.8 Å². The first-order valence-corrected chi connectivity index (χ1v) is 8.43. The van der Waals surface area contributed by atoms with Crippen molar-refractivity contribution in [2.45, 2.75) is 11.3 Å². The molecule has 0 radical (unpaired) electrons. The highest BCUT2D eigenvalue weighted by Gasteiger charge is 2.48. The van der Waals surface area contributed by atoms with Crippen molar-refractivity contribution in [2.24, 2.45) is 0 Å². The lowest BCUT2D eigenvalue weighted by atomic mass is 10.2. The summed E-state index contributed by atoms with van der Waals surface area (Å²) in [5.41, 5.74) is 0.995. The van der Waals surface area contributed by atoms with Crippen LogP contribution < -0.4 is 4.90 Å². The monoisotopic (exact) mass is 285 g/mol. The van der Waals surface area contributed by atoms with Gasteiger partial charge in [-0.05, 0) is 12.1 Å². The van der Waals surface area contributed by atoms with E-state index < -0.39 is 9.84 Å². The van der Waals surface area contributed by atoms with Gasteiger partial charge >= 0.3 is 0 Å². The molecular formula is C11H11NO2S3. The SMILES string of the molecule is O=S1(=O)C[C@@H]2[C@@H](C1)SC(=S)N2c1ccccc1. The molecule has 2 aliphatic rings. The molecule has 1 aromatic rings. The van der Waals surface area contributed by atoms with Crippen molar-refractivity contribution in [3.63, 3.8) is 0 Å². The molecule has 0 aromatic heterocycles. The van der Waals surface area contributed by atoms with Crippen molar-refractivity contribution in [1.29, 1.82) is 0 Å². The highest BCUT2D eigenvalue weighted by Crippen LogP contribution is 2.40. The first-order chi connectivity index (χ1) is 8.07. The zero-order valence-electron chi connectivity index (χ0n) is 8.94. The van der Waals surface area contributed by atoms with E-state index in [1.165, 1.54) is 11.8 Å². The van der Waals surface area contributed by atoms with Gasteiger partial charge in [-0.2, -0.15) is 0 Å². The number of benzene rings is 1. The Morgan fingerprint density at radius 1 is 1.24 bits per heavy atom. The van der Waals surface area contributed by atoms with E-state index >= 15 is 0 Å². The van der Waals surface area contributed by atoms with E-state index in [4.69, 9.17) is 12.2 Å². The molecule has 1 aromatic carbocycles. The quantitative estimate of drug-likeness (QED) is 0.734. The first kappa shape index (κ1) is 11.5. The molecule has 3 rings (SSSR count). The Hall–Kier alpha value is -0.590. The van der Waals surface area contributed by atoms with Gasteiger partial charge in [0.2, 0.25) is 0 Å². The number of sulfone groups is 1. The number of thiocarbonyl (C=S) groups is 1. The van der Waals surface area contributed by atoms with E-state index in [1.807, 2.05) is 35.2 Å². The molecular weight excluding hydrogens is 274 g/mol. The number of para-hydroxylation sites is 1. The van der Waals surface area contributed by atoms with Crippen molar-refractivity contribution < 1.29 is 8.42 Å². The Kier molecular flexibility index (Phi) is 2.68. The minimum Gasteiger partial charge on any atom is -0.322 e. The van der Waals surface area contributed by atoms with Crippen molar-refractivity contribution in [2.75, 3.05) is 16.4 Å². The Morgan fingerprint density at radius 3 is 2.65 bits per heavy atom. The Labute approximate surface area is 110 Å². The maximum absolute atomic E-state index is 11.6. The molecule has 2 heterocycles. The normalized spacial score (nSPS) is 30.6. The van der Waals surface area contributed by atoms with Crippen LogP contribution in [0.5, 0.6) is 0 Å². The third kappa shape index (κ3) is 1.98. The zero-order chi connectivity index (χ0) is 12.0. The summed E-state index contributed by atoms with van der Waals surface area (Å²) in [6, 6.07) is 9.79. The highest BCUT2D eigenvalue weighted by molar-refractivity contribution is 8.24. The third-order valence-electron chi connectivity index (χ3n) is 3.09. The molecule has 0 spiro atoms. The molecule has 6 heteroatoms. The molecule has 0 N–H and O–H groups in total. The number of fused-ring (bicyclic) bond motifs is 1. The Morgan fingerprint density at radius 2 is 1.94 bits per heavy atom. The lowest BCUT2D eigenvalue weighted by Crippen LogP contribution is -2.36. The molecule has 0 unspecified atom stereocenters. The van der Waals surface area contributed by atoms with E-state index in [0.717, 1.165) is 10.0 Å². The van der Waals surface area contributed by atoms with Crippen molar-refractivity contribution in [3.05, 3.63) is 30.3 Å². The lowest BCUT2D eigenvalue weighted by Gasteiger charge is -2.23. The first-order valence-electron chi connectivity index (χ1n) is 5.32. The van der Waals surface area contributed by atoms with Crippen LogP contribution in [0.25, 0.3) is 0 Å². The Bertz CT molecular complexity index is 555. The van der Waals surface area contributed by atoms with Gasteiger partial charge in [-0.25, -0.2) is 8.42 Å². The summed E-state index contributed by atoms with van der Waals surface area (Å²) >= 11 is 6.87. The van der Waals surface area contributed by atoms with Gasteiger partial charge in [0.05, 0.1) is 17.5 Å². The van der Waals surface area contributed by atoms with Gasteiger partial charge in [0, 0.05) is 10.9 Å². The number of rotatable bonds is 1. The van der Waals surface area contributed by atoms with Crippen LogP contribution >= 0.6 is 24.0 Å². The third-order valence-corrected chi connectivity index (χ3v) is 6.68. The highest BCUT2D eigenvalue weighted by atomic mass is 32.2. The predicted octanol–water partition coefficient (Wildman–Crippen LogP) is 1.69. The van der Waals surface area contributed by atoms with Crippen LogP contribution in [-0.4, -0.2) is 35.5 Å². The fourth-order valence-electron chi connectivity index (χ4n) is 2.36. The summed E-state index contributed by atoms with van der Waals surface area (Å²) in [5, 5.41) is 0.104. The van der Waals surface area contributed by atoms with Gasteiger partial charge in [-0.1, -0.05) is 42.2 Å². The topological polar surface area (TPSA) is 37.4 Å². The molecule has 2 fully saturated rings. The van der Waals surface area contributed by atoms with Crippen LogP contribution in [0.4, 0.5) is 5.69 Å². The molecule has 3 nitrogen and oxygen atoms in total. The summed E-state index contributed by atoms with van der Waals surface area (Å²) < 4.78 is 24.1. The summed E-state index contributed by atoms with van der Waals surface area (Å²) in [4.78, 5) is 2.00. The van der Waals surface area contributed by atoms with E-state index in [0.29, 0.717) is 0 Å². The molecule has 2 atom stereocenters. The Balaban J connectivity index is 1.98. The predicted molar refractivity (Wildman–Crippen MR) is 75.3 cm³/mol. The van der Waals surface area contributed by atoms with Gasteiger partial charge < -0.3 is 4.90 Å². The number of nitrogens with zero attached hydrogens (tertiary/aromatic N) is 1. The summed E-state index contributed by atoms with van der Waals surface area (Å²) in [5.74, 6) is 0.478. The van der Waals surface area contributed by atoms with Gasteiger partial charge in [-0.3, -0.25) is 0 Å². The average Bonchev–Trinajstić information content (AvgIpc) is 2.69.